The predicted octanol–water partition coefficient (Wildman–Crippen LogP) is 4.19. The molecule has 0 spiro atoms. The van der Waals surface area contributed by atoms with E-state index in [-0.39, 0.29) is 5.91 Å². The van der Waals surface area contributed by atoms with Crippen LogP contribution in [0, 0.1) is 11.8 Å². The van der Waals surface area contributed by atoms with Crippen molar-refractivity contribution < 1.29 is 4.79 Å². The Kier molecular flexibility index (Phi) is 4.86. The standard InChI is InChI=1S/C15H21BrN2O/c1-10-3-2-4-11(7-10)8-15(19)18-14-6-5-12(16)9-13(14)17/h5-6,9-11H,2-4,7-8,17H2,1H3,(H,18,19). The number of hydrogen-bond donors (Lipinski definition) is 2. The Bertz CT molecular complexity index is 461. The molecule has 0 bridgehead atoms. The second kappa shape index (κ2) is 6.42. The molecule has 2 rings (SSSR count). The zero-order valence-electron chi connectivity index (χ0n) is 11.3. The van der Waals surface area contributed by atoms with Crippen LogP contribution in [-0.4, -0.2) is 5.91 Å². The average molecular weight is 325 g/mol. The van der Waals surface area contributed by atoms with Gasteiger partial charge < -0.3 is 11.1 Å². The highest BCUT2D eigenvalue weighted by Gasteiger charge is 2.21. The molecule has 2 atom stereocenters. The molecule has 0 heterocycles. The van der Waals surface area contributed by atoms with Gasteiger partial charge in [-0.1, -0.05) is 35.7 Å². The van der Waals surface area contributed by atoms with E-state index >= 15 is 0 Å². The quantitative estimate of drug-likeness (QED) is 0.819. The van der Waals surface area contributed by atoms with E-state index in [2.05, 4.69) is 28.2 Å². The zero-order chi connectivity index (χ0) is 13.8. The van der Waals surface area contributed by atoms with E-state index < -0.39 is 0 Å². The smallest absolute Gasteiger partial charge is 0.224 e. The Labute approximate surface area is 123 Å². The van der Waals surface area contributed by atoms with Crippen LogP contribution in [0.25, 0.3) is 0 Å². The first-order valence-corrected chi connectivity index (χ1v) is 7.68. The molecule has 1 amide bonds. The van der Waals surface area contributed by atoms with Crippen LogP contribution in [0.5, 0.6) is 0 Å². The van der Waals surface area contributed by atoms with Gasteiger partial charge in [0.05, 0.1) is 11.4 Å². The summed E-state index contributed by atoms with van der Waals surface area (Å²) < 4.78 is 0.920. The van der Waals surface area contributed by atoms with Crippen molar-refractivity contribution >= 4 is 33.2 Å². The summed E-state index contributed by atoms with van der Waals surface area (Å²) in [6.07, 6.45) is 5.51. The Morgan fingerprint density at radius 1 is 1.47 bits per heavy atom. The minimum Gasteiger partial charge on any atom is -0.397 e. The number of anilines is 2. The SMILES string of the molecule is CC1CCCC(CC(=O)Nc2ccc(Br)cc2N)C1. The highest BCUT2D eigenvalue weighted by Crippen LogP contribution is 2.31. The number of rotatable bonds is 3. The van der Waals surface area contributed by atoms with Crippen molar-refractivity contribution in [2.45, 2.75) is 39.0 Å². The third kappa shape index (κ3) is 4.23. The summed E-state index contributed by atoms with van der Waals surface area (Å²) in [7, 11) is 0. The minimum absolute atomic E-state index is 0.0770. The van der Waals surface area contributed by atoms with E-state index in [1.807, 2.05) is 12.1 Å². The lowest BCUT2D eigenvalue weighted by Gasteiger charge is -2.26. The molecule has 19 heavy (non-hydrogen) atoms. The van der Waals surface area contributed by atoms with E-state index in [1.54, 1.807) is 6.07 Å². The Morgan fingerprint density at radius 2 is 2.26 bits per heavy atom. The van der Waals surface area contributed by atoms with Gasteiger partial charge in [0.2, 0.25) is 5.91 Å². The molecule has 4 heteroatoms. The molecule has 1 aliphatic rings. The van der Waals surface area contributed by atoms with Crippen LogP contribution in [0.15, 0.2) is 22.7 Å². The summed E-state index contributed by atoms with van der Waals surface area (Å²) in [6, 6.07) is 5.52. The van der Waals surface area contributed by atoms with Gasteiger partial charge in [-0.3, -0.25) is 4.79 Å². The fraction of sp³-hybridized carbons (Fsp3) is 0.533. The Hall–Kier alpha value is -1.03. The number of hydrogen-bond acceptors (Lipinski definition) is 2. The summed E-state index contributed by atoms with van der Waals surface area (Å²) in [6.45, 7) is 2.27. The molecule has 2 unspecified atom stereocenters. The van der Waals surface area contributed by atoms with E-state index in [0.717, 1.165) is 10.4 Å². The number of nitrogens with one attached hydrogen (secondary N) is 1. The van der Waals surface area contributed by atoms with Gasteiger partial charge in [0.25, 0.3) is 0 Å². The monoisotopic (exact) mass is 324 g/mol. The van der Waals surface area contributed by atoms with E-state index in [9.17, 15) is 4.79 Å². The number of nitrogens with two attached hydrogens (primary N) is 1. The lowest BCUT2D eigenvalue weighted by Crippen LogP contribution is -2.21. The molecule has 1 aromatic carbocycles. The first-order valence-electron chi connectivity index (χ1n) is 6.89. The second-order valence-corrected chi connectivity index (χ2v) is 6.54. The highest BCUT2D eigenvalue weighted by atomic mass is 79.9. The van der Waals surface area contributed by atoms with Crippen molar-refractivity contribution in [2.24, 2.45) is 11.8 Å². The normalized spacial score (nSPS) is 23.1. The van der Waals surface area contributed by atoms with Gasteiger partial charge in [-0.2, -0.15) is 0 Å². The maximum absolute atomic E-state index is 12.0. The van der Waals surface area contributed by atoms with E-state index in [4.69, 9.17) is 5.73 Å². The van der Waals surface area contributed by atoms with Gasteiger partial charge in [0, 0.05) is 10.9 Å². The Balaban J connectivity index is 1.90. The number of halogens is 1. The molecule has 1 fully saturated rings. The number of amides is 1. The number of carbonyl (C=O) groups is 1. The second-order valence-electron chi connectivity index (χ2n) is 5.62. The fourth-order valence-electron chi connectivity index (χ4n) is 2.86. The largest absolute Gasteiger partial charge is 0.397 e. The summed E-state index contributed by atoms with van der Waals surface area (Å²) in [5.41, 5.74) is 7.18. The topological polar surface area (TPSA) is 55.1 Å². The molecular weight excluding hydrogens is 304 g/mol. The fourth-order valence-corrected chi connectivity index (χ4v) is 3.23. The van der Waals surface area contributed by atoms with Crippen LogP contribution < -0.4 is 11.1 Å². The molecule has 3 nitrogen and oxygen atoms in total. The number of carbonyl (C=O) groups excluding carboxylic acids is 1. The molecule has 0 aliphatic heterocycles. The molecule has 1 aliphatic carbocycles. The highest BCUT2D eigenvalue weighted by molar-refractivity contribution is 9.10. The lowest BCUT2D eigenvalue weighted by atomic mass is 9.81. The number of benzene rings is 1. The lowest BCUT2D eigenvalue weighted by molar-refractivity contribution is -0.117. The van der Waals surface area contributed by atoms with Crippen molar-refractivity contribution in [1.29, 1.82) is 0 Å². The summed E-state index contributed by atoms with van der Waals surface area (Å²) in [5, 5.41) is 2.91. The van der Waals surface area contributed by atoms with Crippen molar-refractivity contribution in [3.05, 3.63) is 22.7 Å². The summed E-state index contributed by atoms with van der Waals surface area (Å²) in [5.74, 6) is 1.36. The predicted molar refractivity (Wildman–Crippen MR) is 82.9 cm³/mol. The molecule has 1 aromatic rings. The van der Waals surface area contributed by atoms with Crippen LogP contribution in [-0.2, 0) is 4.79 Å². The van der Waals surface area contributed by atoms with Gasteiger partial charge >= 0.3 is 0 Å². The van der Waals surface area contributed by atoms with Gasteiger partial charge in [-0.25, -0.2) is 0 Å². The van der Waals surface area contributed by atoms with Gasteiger partial charge in [0.1, 0.15) is 0 Å². The van der Waals surface area contributed by atoms with Crippen molar-refractivity contribution in [2.75, 3.05) is 11.1 Å². The third-order valence-corrected chi connectivity index (χ3v) is 4.30. The Morgan fingerprint density at radius 3 is 2.95 bits per heavy atom. The first-order chi connectivity index (χ1) is 9.04. The van der Waals surface area contributed by atoms with Crippen LogP contribution >= 0.6 is 15.9 Å². The van der Waals surface area contributed by atoms with Gasteiger partial charge in [0.15, 0.2) is 0 Å². The summed E-state index contributed by atoms with van der Waals surface area (Å²) >= 11 is 3.36. The third-order valence-electron chi connectivity index (χ3n) is 3.81. The van der Waals surface area contributed by atoms with Gasteiger partial charge in [-0.15, -0.1) is 0 Å². The number of nitrogen functional groups attached to an aromatic ring is 1. The van der Waals surface area contributed by atoms with Gasteiger partial charge in [-0.05, 0) is 42.9 Å². The molecular formula is C15H21BrN2O. The molecule has 0 radical (unpaired) electrons. The van der Waals surface area contributed by atoms with Crippen molar-refractivity contribution in [1.82, 2.24) is 0 Å². The average Bonchev–Trinajstić information content (AvgIpc) is 2.33. The molecule has 3 N–H and O–H groups in total. The molecule has 0 saturated heterocycles. The van der Waals surface area contributed by atoms with Crippen LogP contribution in [0.1, 0.15) is 39.0 Å². The van der Waals surface area contributed by atoms with E-state index in [1.165, 1.54) is 25.7 Å². The molecule has 104 valence electrons. The molecule has 1 saturated carbocycles. The van der Waals surface area contributed by atoms with Crippen LogP contribution in [0.2, 0.25) is 0 Å². The zero-order valence-corrected chi connectivity index (χ0v) is 12.9. The maximum Gasteiger partial charge on any atom is 0.224 e. The van der Waals surface area contributed by atoms with Crippen LogP contribution in [0.3, 0.4) is 0 Å². The van der Waals surface area contributed by atoms with Crippen molar-refractivity contribution in [3.63, 3.8) is 0 Å². The van der Waals surface area contributed by atoms with E-state index in [0.29, 0.717) is 23.7 Å². The first kappa shape index (κ1) is 14.4. The minimum atomic E-state index is 0.0770. The molecule has 0 aromatic heterocycles. The maximum atomic E-state index is 12.0. The van der Waals surface area contributed by atoms with Crippen LogP contribution in [0.4, 0.5) is 11.4 Å². The summed E-state index contributed by atoms with van der Waals surface area (Å²) in [4.78, 5) is 12.0. The van der Waals surface area contributed by atoms with Crippen molar-refractivity contribution in [3.8, 4) is 0 Å².